The lowest BCUT2D eigenvalue weighted by molar-refractivity contribution is -0.123. The zero-order valence-corrected chi connectivity index (χ0v) is 12.4. The molecular weight excluding hydrogens is 238 g/mol. The van der Waals surface area contributed by atoms with Gasteiger partial charge in [0.2, 0.25) is 5.91 Å². The van der Waals surface area contributed by atoms with Crippen molar-refractivity contribution in [1.29, 1.82) is 5.26 Å². The molecular formula is C15H27N3O. The highest BCUT2D eigenvalue weighted by molar-refractivity contribution is 5.79. The molecule has 0 radical (unpaired) electrons. The van der Waals surface area contributed by atoms with Gasteiger partial charge in [0.1, 0.15) is 5.54 Å². The highest BCUT2D eigenvalue weighted by atomic mass is 16.2. The van der Waals surface area contributed by atoms with E-state index in [9.17, 15) is 10.1 Å². The summed E-state index contributed by atoms with van der Waals surface area (Å²) in [5, 5.41) is 12.4. The number of nitriles is 1. The van der Waals surface area contributed by atoms with Crippen LogP contribution in [-0.4, -0.2) is 36.5 Å². The summed E-state index contributed by atoms with van der Waals surface area (Å²) in [6.45, 7) is 3.47. The third-order valence-corrected chi connectivity index (χ3v) is 3.86. The molecule has 0 aliphatic heterocycles. The number of carbonyl (C=O) groups excluding carboxylic acids is 1. The topological polar surface area (TPSA) is 56.1 Å². The Balaban J connectivity index is 2.46. The summed E-state index contributed by atoms with van der Waals surface area (Å²) in [7, 11) is 1.96. The van der Waals surface area contributed by atoms with E-state index < -0.39 is 5.54 Å². The van der Waals surface area contributed by atoms with Crippen molar-refractivity contribution in [1.82, 2.24) is 10.2 Å². The molecule has 0 aromatic carbocycles. The second-order valence-corrected chi connectivity index (χ2v) is 5.75. The second kappa shape index (κ2) is 8.16. The number of nitrogens with zero attached hydrogens (tertiary/aromatic N) is 2. The SMILES string of the molecule is CCCCN(C)CC(=O)NC1(C#N)CCCCCC1. The van der Waals surface area contributed by atoms with Crippen LogP contribution in [0.1, 0.15) is 58.3 Å². The Morgan fingerprint density at radius 2 is 1.95 bits per heavy atom. The van der Waals surface area contributed by atoms with Gasteiger partial charge in [-0.15, -0.1) is 0 Å². The summed E-state index contributed by atoms with van der Waals surface area (Å²) in [5.74, 6) is -0.0120. The minimum absolute atomic E-state index is 0.0120. The molecule has 0 heterocycles. The third kappa shape index (κ3) is 5.61. The summed E-state index contributed by atoms with van der Waals surface area (Å²) in [4.78, 5) is 14.1. The van der Waals surface area contributed by atoms with E-state index in [1.807, 2.05) is 11.9 Å². The smallest absolute Gasteiger partial charge is 0.235 e. The van der Waals surface area contributed by atoms with Gasteiger partial charge < -0.3 is 5.32 Å². The van der Waals surface area contributed by atoms with Crippen LogP contribution >= 0.6 is 0 Å². The molecule has 0 atom stereocenters. The Hall–Kier alpha value is -1.08. The van der Waals surface area contributed by atoms with E-state index in [1.54, 1.807) is 0 Å². The molecule has 4 nitrogen and oxygen atoms in total. The van der Waals surface area contributed by atoms with Gasteiger partial charge in [-0.3, -0.25) is 9.69 Å². The van der Waals surface area contributed by atoms with Crippen molar-refractivity contribution < 1.29 is 4.79 Å². The number of hydrogen-bond acceptors (Lipinski definition) is 3. The maximum atomic E-state index is 12.1. The van der Waals surface area contributed by atoms with Crippen LogP contribution in [0.2, 0.25) is 0 Å². The van der Waals surface area contributed by atoms with Crippen molar-refractivity contribution >= 4 is 5.91 Å². The molecule has 108 valence electrons. The van der Waals surface area contributed by atoms with Crippen molar-refractivity contribution in [3.63, 3.8) is 0 Å². The molecule has 0 bridgehead atoms. The van der Waals surface area contributed by atoms with E-state index in [0.717, 1.165) is 45.1 Å². The highest BCUT2D eigenvalue weighted by Gasteiger charge is 2.32. The number of carbonyl (C=O) groups is 1. The maximum absolute atomic E-state index is 12.1. The number of rotatable bonds is 6. The molecule has 0 aromatic heterocycles. The van der Waals surface area contributed by atoms with Crippen LogP contribution in [0.25, 0.3) is 0 Å². The van der Waals surface area contributed by atoms with Crippen LogP contribution in [0, 0.1) is 11.3 Å². The van der Waals surface area contributed by atoms with Gasteiger partial charge in [-0.1, -0.05) is 39.0 Å². The van der Waals surface area contributed by atoms with Crippen molar-refractivity contribution in [3.8, 4) is 6.07 Å². The van der Waals surface area contributed by atoms with Gasteiger partial charge in [0.15, 0.2) is 0 Å². The fourth-order valence-electron chi connectivity index (χ4n) is 2.66. The average Bonchev–Trinajstić information content (AvgIpc) is 2.62. The van der Waals surface area contributed by atoms with Crippen LogP contribution < -0.4 is 5.32 Å². The van der Waals surface area contributed by atoms with Crippen LogP contribution in [0.4, 0.5) is 0 Å². The molecule has 1 aliphatic carbocycles. The molecule has 1 fully saturated rings. The first-order valence-corrected chi connectivity index (χ1v) is 7.53. The second-order valence-electron chi connectivity index (χ2n) is 5.75. The van der Waals surface area contributed by atoms with Crippen LogP contribution in [0.15, 0.2) is 0 Å². The quantitative estimate of drug-likeness (QED) is 0.751. The number of hydrogen-bond donors (Lipinski definition) is 1. The first kappa shape index (κ1) is 16.0. The van der Waals surface area contributed by atoms with E-state index >= 15 is 0 Å². The van der Waals surface area contributed by atoms with Crippen molar-refractivity contribution in [2.45, 2.75) is 63.8 Å². The maximum Gasteiger partial charge on any atom is 0.235 e. The van der Waals surface area contributed by atoms with E-state index in [1.165, 1.54) is 12.8 Å². The number of amides is 1. The lowest BCUT2D eigenvalue weighted by Crippen LogP contribution is -2.50. The highest BCUT2D eigenvalue weighted by Crippen LogP contribution is 2.26. The Kier molecular flexibility index (Phi) is 6.86. The van der Waals surface area contributed by atoms with Crippen LogP contribution in [0.5, 0.6) is 0 Å². The van der Waals surface area contributed by atoms with Gasteiger partial charge in [-0.05, 0) is 32.9 Å². The van der Waals surface area contributed by atoms with Crippen LogP contribution in [0.3, 0.4) is 0 Å². The Morgan fingerprint density at radius 1 is 1.32 bits per heavy atom. The molecule has 1 saturated carbocycles. The first-order chi connectivity index (χ1) is 9.12. The van der Waals surface area contributed by atoms with Crippen molar-refractivity contribution in [3.05, 3.63) is 0 Å². The van der Waals surface area contributed by atoms with E-state index in [0.29, 0.717) is 6.54 Å². The Bertz CT molecular complexity index is 314. The lowest BCUT2D eigenvalue weighted by Gasteiger charge is -2.27. The van der Waals surface area contributed by atoms with Gasteiger partial charge in [0.25, 0.3) is 0 Å². The van der Waals surface area contributed by atoms with Gasteiger partial charge in [0.05, 0.1) is 12.6 Å². The Labute approximate surface area is 117 Å². The predicted octanol–water partition coefficient (Wildman–Crippen LogP) is 2.45. The van der Waals surface area contributed by atoms with Crippen molar-refractivity contribution in [2.24, 2.45) is 0 Å². The number of unbranched alkanes of at least 4 members (excludes halogenated alkanes) is 1. The third-order valence-electron chi connectivity index (χ3n) is 3.86. The standard InChI is InChI=1S/C15H27N3O/c1-3-4-11-18(2)12-14(19)17-15(13-16)9-7-5-6-8-10-15/h3-12H2,1-2H3,(H,17,19). The fourth-order valence-corrected chi connectivity index (χ4v) is 2.66. The lowest BCUT2D eigenvalue weighted by atomic mass is 9.92. The normalized spacial score (nSPS) is 18.6. The van der Waals surface area contributed by atoms with Gasteiger partial charge >= 0.3 is 0 Å². The van der Waals surface area contributed by atoms with E-state index in [-0.39, 0.29) is 5.91 Å². The summed E-state index contributed by atoms with van der Waals surface area (Å²) in [5.41, 5.74) is -0.612. The number of nitrogens with one attached hydrogen (secondary N) is 1. The van der Waals surface area contributed by atoms with Gasteiger partial charge in [-0.2, -0.15) is 5.26 Å². The molecule has 1 aliphatic rings. The minimum Gasteiger partial charge on any atom is -0.337 e. The molecule has 0 unspecified atom stereocenters. The van der Waals surface area contributed by atoms with E-state index in [4.69, 9.17) is 0 Å². The monoisotopic (exact) mass is 265 g/mol. The fraction of sp³-hybridized carbons (Fsp3) is 0.867. The number of likely N-dealkylation sites (N-methyl/N-ethyl adjacent to an activating group) is 1. The average molecular weight is 265 g/mol. The Morgan fingerprint density at radius 3 is 2.47 bits per heavy atom. The summed E-state index contributed by atoms with van der Waals surface area (Å²) in [6, 6.07) is 2.35. The van der Waals surface area contributed by atoms with Crippen molar-refractivity contribution in [2.75, 3.05) is 20.1 Å². The molecule has 1 amide bonds. The molecule has 0 saturated heterocycles. The zero-order valence-electron chi connectivity index (χ0n) is 12.4. The molecule has 1 rings (SSSR count). The molecule has 0 aromatic rings. The molecule has 4 heteroatoms. The zero-order chi connectivity index (χ0) is 14.1. The summed E-state index contributed by atoms with van der Waals surface area (Å²) < 4.78 is 0. The minimum atomic E-state index is -0.612. The summed E-state index contributed by atoms with van der Waals surface area (Å²) >= 11 is 0. The largest absolute Gasteiger partial charge is 0.337 e. The first-order valence-electron chi connectivity index (χ1n) is 7.53. The predicted molar refractivity (Wildman–Crippen MR) is 76.6 cm³/mol. The van der Waals surface area contributed by atoms with Crippen LogP contribution in [-0.2, 0) is 4.79 Å². The summed E-state index contributed by atoms with van der Waals surface area (Å²) in [6.07, 6.45) is 8.27. The van der Waals surface area contributed by atoms with E-state index in [2.05, 4.69) is 18.3 Å². The molecule has 1 N–H and O–H groups in total. The molecule has 0 spiro atoms. The molecule has 19 heavy (non-hydrogen) atoms. The van der Waals surface area contributed by atoms with Gasteiger partial charge in [0, 0.05) is 0 Å². The van der Waals surface area contributed by atoms with Gasteiger partial charge in [-0.25, -0.2) is 0 Å².